The van der Waals surface area contributed by atoms with Crippen LogP contribution >= 0.6 is 11.6 Å². The van der Waals surface area contributed by atoms with Gasteiger partial charge in [0.1, 0.15) is 0 Å². The number of hydrogen-bond acceptors (Lipinski definition) is 3. The van der Waals surface area contributed by atoms with Crippen molar-refractivity contribution >= 4 is 23.0 Å². The van der Waals surface area contributed by atoms with Crippen LogP contribution in [0.4, 0.5) is 4.79 Å². The summed E-state index contributed by atoms with van der Waals surface area (Å²) in [4.78, 5) is 20.7. The molecule has 10 heavy (non-hydrogen) atoms. The fraction of sp³-hybridized carbons (Fsp3) is 0.667. The van der Waals surface area contributed by atoms with Gasteiger partial charge < -0.3 is 4.74 Å². The van der Waals surface area contributed by atoms with Crippen molar-refractivity contribution < 1.29 is 14.3 Å². The van der Waals surface area contributed by atoms with E-state index in [2.05, 4.69) is 4.74 Å². The molecule has 0 spiro atoms. The summed E-state index contributed by atoms with van der Waals surface area (Å²) >= 11 is 4.82. The molecule has 0 aromatic rings. The largest absolute Gasteiger partial charge is 0.411 e. The van der Waals surface area contributed by atoms with E-state index in [-0.39, 0.29) is 5.92 Å². The maximum Gasteiger partial charge on any atom is 0.411 e. The first-order chi connectivity index (χ1) is 4.70. The number of ether oxygens (including phenoxy) is 1. The highest BCUT2D eigenvalue weighted by Crippen LogP contribution is 2.27. The van der Waals surface area contributed by atoms with Gasteiger partial charge in [0.2, 0.25) is 0 Å². The monoisotopic (exact) mass is 162 g/mol. The Balaban J connectivity index is 2.27. The highest BCUT2D eigenvalue weighted by molar-refractivity contribution is 6.61. The van der Waals surface area contributed by atoms with E-state index in [0.717, 1.165) is 19.3 Å². The quantitative estimate of drug-likeness (QED) is 0.335. The fourth-order valence-electron chi connectivity index (χ4n) is 0.806. The van der Waals surface area contributed by atoms with Crippen LogP contribution in [0, 0.1) is 5.92 Å². The Morgan fingerprint density at radius 3 is 2.30 bits per heavy atom. The zero-order valence-electron chi connectivity index (χ0n) is 5.30. The molecular formula is C6H7ClO3. The Morgan fingerprint density at radius 2 is 2.00 bits per heavy atom. The van der Waals surface area contributed by atoms with Crippen LogP contribution in [0.15, 0.2) is 0 Å². The number of esters is 1. The van der Waals surface area contributed by atoms with Gasteiger partial charge in [-0.3, -0.25) is 4.79 Å². The number of carbonyl (C=O) groups excluding carboxylic acids is 2. The average Bonchev–Trinajstić information content (AvgIpc) is 1.55. The van der Waals surface area contributed by atoms with E-state index < -0.39 is 11.4 Å². The van der Waals surface area contributed by atoms with E-state index in [1.807, 2.05) is 0 Å². The topological polar surface area (TPSA) is 43.4 Å². The molecule has 0 aromatic carbocycles. The van der Waals surface area contributed by atoms with Crippen molar-refractivity contribution in [3.63, 3.8) is 0 Å². The van der Waals surface area contributed by atoms with Gasteiger partial charge in [-0.1, -0.05) is 6.42 Å². The second-order valence-corrected chi connectivity index (χ2v) is 2.60. The molecule has 1 saturated carbocycles. The molecule has 0 aliphatic heterocycles. The number of rotatable bonds is 1. The summed E-state index contributed by atoms with van der Waals surface area (Å²) in [5.74, 6) is -0.561. The summed E-state index contributed by atoms with van der Waals surface area (Å²) in [6, 6.07) is 0. The van der Waals surface area contributed by atoms with Gasteiger partial charge in [0, 0.05) is 11.6 Å². The lowest BCUT2D eigenvalue weighted by Crippen LogP contribution is -2.24. The van der Waals surface area contributed by atoms with Gasteiger partial charge in [0.15, 0.2) is 0 Å². The molecule has 1 fully saturated rings. The number of hydrogen-bond donors (Lipinski definition) is 0. The van der Waals surface area contributed by atoms with Crippen molar-refractivity contribution in [1.82, 2.24) is 0 Å². The van der Waals surface area contributed by atoms with Crippen LogP contribution in [0.2, 0.25) is 0 Å². The molecule has 1 rings (SSSR count). The lowest BCUT2D eigenvalue weighted by Gasteiger charge is -2.21. The summed E-state index contributed by atoms with van der Waals surface area (Å²) in [6.45, 7) is 0. The zero-order chi connectivity index (χ0) is 7.56. The molecule has 0 N–H and O–H groups in total. The maximum absolute atomic E-state index is 10.7. The van der Waals surface area contributed by atoms with Crippen LogP contribution in [0.25, 0.3) is 0 Å². The van der Waals surface area contributed by atoms with Crippen molar-refractivity contribution in [2.24, 2.45) is 5.92 Å². The Morgan fingerprint density at radius 1 is 1.40 bits per heavy atom. The predicted molar refractivity (Wildman–Crippen MR) is 34.7 cm³/mol. The van der Waals surface area contributed by atoms with Crippen molar-refractivity contribution in [1.29, 1.82) is 0 Å². The van der Waals surface area contributed by atoms with E-state index >= 15 is 0 Å². The molecule has 4 heteroatoms. The van der Waals surface area contributed by atoms with Crippen LogP contribution in [0.3, 0.4) is 0 Å². The molecular weight excluding hydrogens is 156 g/mol. The first-order valence-corrected chi connectivity index (χ1v) is 3.49. The summed E-state index contributed by atoms with van der Waals surface area (Å²) < 4.78 is 4.14. The highest BCUT2D eigenvalue weighted by atomic mass is 35.5. The Labute approximate surface area is 63.3 Å². The number of halogens is 1. The summed E-state index contributed by atoms with van der Waals surface area (Å²) in [5, 5.41) is 0. The van der Waals surface area contributed by atoms with E-state index in [9.17, 15) is 9.59 Å². The Bertz CT molecular complexity index is 162. The van der Waals surface area contributed by atoms with Crippen molar-refractivity contribution in [2.75, 3.05) is 0 Å². The van der Waals surface area contributed by atoms with Crippen LogP contribution in [0.5, 0.6) is 0 Å². The first-order valence-electron chi connectivity index (χ1n) is 3.11. The Kier molecular flexibility index (Phi) is 2.27. The average molecular weight is 163 g/mol. The third kappa shape index (κ3) is 1.70. The zero-order valence-corrected chi connectivity index (χ0v) is 6.06. The van der Waals surface area contributed by atoms with Crippen LogP contribution < -0.4 is 0 Å². The van der Waals surface area contributed by atoms with Gasteiger partial charge >= 0.3 is 11.4 Å². The van der Waals surface area contributed by atoms with Gasteiger partial charge in [-0.15, -0.1) is 0 Å². The SMILES string of the molecule is O=C(Cl)OC(=O)C1CCC1. The predicted octanol–water partition coefficient (Wildman–Crippen LogP) is 1.69. The number of carbonyl (C=O) groups is 2. The standard InChI is InChI=1S/C6H7ClO3/c7-6(9)10-5(8)4-2-1-3-4/h4H,1-3H2. The van der Waals surface area contributed by atoms with Crippen LogP contribution in [-0.4, -0.2) is 11.4 Å². The highest BCUT2D eigenvalue weighted by Gasteiger charge is 2.27. The molecule has 0 atom stereocenters. The minimum atomic E-state index is -1.03. The fourth-order valence-corrected chi connectivity index (χ4v) is 0.882. The molecule has 3 nitrogen and oxygen atoms in total. The summed E-state index contributed by atoms with van der Waals surface area (Å²) in [5.41, 5.74) is -1.03. The van der Waals surface area contributed by atoms with Gasteiger partial charge in [-0.05, 0) is 12.8 Å². The van der Waals surface area contributed by atoms with Crippen LogP contribution in [-0.2, 0) is 9.53 Å². The smallest absolute Gasteiger partial charge is 0.380 e. The maximum atomic E-state index is 10.7. The van der Waals surface area contributed by atoms with E-state index in [4.69, 9.17) is 11.6 Å². The van der Waals surface area contributed by atoms with Gasteiger partial charge in [0.05, 0.1) is 5.92 Å². The van der Waals surface area contributed by atoms with Gasteiger partial charge in [-0.25, -0.2) is 4.79 Å². The normalized spacial score (nSPS) is 17.7. The van der Waals surface area contributed by atoms with Gasteiger partial charge in [0.25, 0.3) is 0 Å². The Hall–Kier alpha value is -0.570. The molecule has 0 unspecified atom stereocenters. The minimum Gasteiger partial charge on any atom is -0.380 e. The van der Waals surface area contributed by atoms with E-state index in [0.29, 0.717) is 0 Å². The molecule has 56 valence electrons. The van der Waals surface area contributed by atoms with Crippen molar-refractivity contribution in [3.05, 3.63) is 0 Å². The first kappa shape index (κ1) is 7.54. The molecule has 0 bridgehead atoms. The summed E-state index contributed by atoms with van der Waals surface area (Å²) in [7, 11) is 0. The molecule has 1 aliphatic carbocycles. The van der Waals surface area contributed by atoms with Crippen molar-refractivity contribution in [3.8, 4) is 0 Å². The minimum absolute atomic E-state index is 0.0808. The molecule has 0 heterocycles. The van der Waals surface area contributed by atoms with Crippen LogP contribution in [0.1, 0.15) is 19.3 Å². The lowest BCUT2D eigenvalue weighted by atomic mass is 9.86. The molecule has 0 amide bonds. The van der Waals surface area contributed by atoms with Crippen molar-refractivity contribution in [2.45, 2.75) is 19.3 Å². The lowest BCUT2D eigenvalue weighted by molar-refractivity contribution is -0.143. The molecule has 0 aromatic heterocycles. The third-order valence-electron chi connectivity index (χ3n) is 1.62. The second-order valence-electron chi connectivity index (χ2n) is 2.29. The summed E-state index contributed by atoms with van der Waals surface area (Å²) in [6.07, 6.45) is 2.68. The van der Waals surface area contributed by atoms with E-state index in [1.54, 1.807) is 0 Å². The molecule has 0 saturated heterocycles. The molecule has 1 aliphatic rings. The van der Waals surface area contributed by atoms with E-state index in [1.165, 1.54) is 0 Å². The second kappa shape index (κ2) is 3.01. The molecule has 0 radical (unpaired) electrons. The third-order valence-corrected chi connectivity index (χ3v) is 1.70. The van der Waals surface area contributed by atoms with Gasteiger partial charge in [-0.2, -0.15) is 0 Å².